The molecule has 1 aromatic carbocycles. The van der Waals surface area contributed by atoms with Crippen molar-refractivity contribution in [3.63, 3.8) is 0 Å². The third-order valence-corrected chi connectivity index (χ3v) is 4.00. The van der Waals surface area contributed by atoms with Gasteiger partial charge in [0.15, 0.2) is 6.10 Å². The molecule has 0 saturated heterocycles. The largest absolute Gasteiger partial charge is 0.449 e. The Bertz CT molecular complexity index is 1000. The summed E-state index contributed by atoms with van der Waals surface area (Å²) in [5.41, 5.74) is 1.59. The highest BCUT2D eigenvalue weighted by Crippen LogP contribution is 2.10. The van der Waals surface area contributed by atoms with Crippen LogP contribution in [0.2, 0.25) is 5.02 Å². The first kappa shape index (κ1) is 20.2. The van der Waals surface area contributed by atoms with Crippen LogP contribution in [-0.2, 0) is 20.9 Å². The number of anilines is 1. The van der Waals surface area contributed by atoms with E-state index in [2.05, 4.69) is 20.6 Å². The molecule has 2 heterocycles. The Morgan fingerprint density at radius 3 is 2.76 bits per heavy atom. The summed E-state index contributed by atoms with van der Waals surface area (Å²) in [5.74, 6) is -0.863. The number of ether oxygens (including phenoxy) is 1. The van der Waals surface area contributed by atoms with Gasteiger partial charge >= 0.3 is 5.97 Å². The summed E-state index contributed by atoms with van der Waals surface area (Å²) in [6, 6.07) is 13.0. The van der Waals surface area contributed by atoms with E-state index >= 15 is 0 Å². The number of hydrogen-bond acceptors (Lipinski definition) is 6. The molecule has 0 spiro atoms. The fraction of sp³-hybridized carbons (Fsp3) is 0.150. The van der Waals surface area contributed by atoms with Crippen LogP contribution in [0, 0.1) is 0 Å². The number of esters is 1. The van der Waals surface area contributed by atoms with Gasteiger partial charge in [-0.2, -0.15) is 0 Å². The molecular formula is C20H18ClN5O3. The minimum atomic E-state index is -1.00. The minimum absolute atomic E-state index is 0.313. The van der Waals surface area contributed by atoms with Crippen LogP contribution in [-0.4, -0.2) is 38.0 Å². The lowest BCUT2D eigenvalue weighted by atomic mass is 10.2. The van der Waals surface area contributed by atoms with Crippen molar-refractivity contribution in [2.45, 2.75) is 19.6 Å². The van der Waals surface area contributed by atoms with Gasteiger partial charge in [-0.1, -0.05) is 47.1 Å². The van der Waals surface area contributed by atoms with E-state index in [9.17, 15) is 9.59 Å². The van der Waals surface area contributed by atoms with Crippen molar-refractivity contribution in [2.24, 2.45) is 0 Å². The number of amides is 1. The number of nitrogens with one attached hydrogen (secondary N) is 1. The van der Waals surface area contributed by atoms with Crippen LogP contribution in [0.5, 0.6) is 0 Å². The highest BCUT2D eigenvalue weighted by molar-refractivity contribution is 6.30. The summed E-state index contributed by atoms with van der Waals surface area (Å²) >= 11 is 5.74. The second-order valence-electron chi connectivity index (χ2n) is 6.09. The van der Waals surface area contributed by atoms with Gasteiger partial charge in [0.25, 0.3) is 5.91 Å². The number of rotatable bonds is 7. The fourth-order valence-electron chi connectivity index (χ4n) is 2.34. The number of benzene rings is 1. The highest BCUT2D eigenvalue weighted by atomic mass is 35.5. The molecule has 1 N–H and O–H groups in total. The van der Waals surface area contributed by atoms with Crippen molar-refractivity contribution in [2.75, 3.05) is 5.32 Å². The van der Waals surface area contributed by atoms with Crippen molar-refractivity contribution in [3.05, 3.63) is 77.2 Å². The van der Waals surface area contributed by atoms with Crippen LogP contribution in [0.4, 0.5) is 5.82 Å². The summed E-state index contributed by atoms with van der Waals surface area (Å²) in [7, 11) is 0. The van der Waals surface area contributed by atoms with Gasteiger partial charge in [-0.15, -0.1) is 5.10 Å². The van der Waals surface area contributed by atoms with E-state index in [4.69, 9.17) is 16.3 Å². The second-order valence-corrected chi connectivity index (χ2v) is 6.53. The van der Waals surface area contributed by atoms with Crippen molar-refractivity contribution in [1.29, 1.82) is 0 Å². The van der Waals surface area contributed by atoms with Gasteiger partial charge in [-0.3, -0.25) is 4.79 Å². The van der Waals surface area contributed by atoms with E-state index < -0.39 is 18.0 Å². The number of pyridine rings is 1. The van der Waals surface area contributed by atoms with Gasteiger partial charge in [0, 0.05) is 12.3 Å². The van der Waals surface area contributed by atoms with E-state index in [0.29, 0.717) is 23.1 Å². The number of carbonyl (C=O) groups is 2. The topological polar surface area (TPSA) is 99.0 Å². The zero-order chi connectivity index (χ0) is 20.6. The third-order valence-electron chi connectivity index (χ3n) is 3.77. The van der Waals surface area contributed by atoms with Gasteiger partial charge in [-0.25, -0.2) is 14.5 Å². The van der Waals surface area contributed by atoms with Gasteiger partial charge in [0.1, 0.15) is 11.5 Å². The summed E-state index contributed by atoms with van der Waals surface area (Å²) in [4.78, 5) is 28.0. The normalized spacial score (nSPS) is 11.9. The Labute approximate surface area is 172 Å². The molecule has 0 bridgehead atoms. The molecule has 0 unspecified atom stereocenters. The van der Waals surface area contributed by atoms with Crippen molar-refractivity contribution in [3.8, 4) is 0 Å². The highest BCUT2D eigenvalue weighted by Gasteiger charge is 2.17. The Morgan fingerprint density at radius 1 is 1.24 bits per heavy atom. The molecule has 1 atom stereocenters. The quantitative estimate of drug-likeness (QED) is 0.474. The van der Waals surface area contributed by atoms with Crippen molar-refractivity contribution in [1.82, 2.24) is 20.0 Å². The van der Waals surface area contributed by atoms with Gasteiger partial charge < -0.3 is 10.1 Å². The number of hydrogen-bond donors (Lipinski definition) is 1. The van der Waals surface area contributed by atoms with Gasteiger partial charge in [0.2, 0.25) is 0 Å². The molecule has 9 heteroatoms. The fourth-order valence-corrected chi connectivity index (χ4v) is 2.45. The summed E-state index contributed by atoms with van der Waals surface area (Å²) in [5, 5.41) is 11.0. The number of nitrogens with zero attached hydrogens (tertiary/aromatic N) is 4. The standard InChI is InChI=1S/C20H18ClN5O3/c1-14(20(28)23-18-9-7-16(21)11-22-18)29-19(27)10-8-17-13-26(25-24-17)12-15-5-3-2-4-6-15/h2-11,13-14H,12H2,1H3,(H,22,23,28)/b10-8+/t14-/m0/s1. The molecular weight excluding hydrogens is 394 g/mol. The zero-order valence-electron chi connectivity index (χ0n) is 15.5. The smallest absolute Gasteiger partial charge is 0.331 e. The molecule has 0 aliphatic heterocycles. The average Bonchev–Trinajstić information content (AvgIpc) is 3.16. The minimum Gasteiger partial charge on any atom is -0.449 e. The molecule has 3 aromatic rings. The number of halogens is 1. The first-order valence-electron chi connectivity index (χ1n) is 8.75. The van der Waals surface area contributed by atoms with Crippen LogP contribution in [0.3, 0.4) is 0 Å². The lowest BCUT2D eigenvalue weighted by molar-refractivity contribution is -0.148. The zero-order valence-corrected chi connectivity index (χ0v) is 16.3. The SMILES string of the molecule is C[C@H](OC(=O)/C=C/c1cn(Cc2ccccc2)nn1)C(=O)Nc1ccc(Cl)cn1. The molecule has 0 fully saturated rings. The van der Waals surface area contributed by atoms with E-state index in [0.717, 1.165) is 5.56 Å². The first-order chi connectivity index (χ1) is 14.0. The average molecular weight is 412 g/mol. The van der Waals surface area contributed by atoms with Crippen LogP contribution in [0.25, 0.3) is 6.08 Å². The lowest BCUT2D eigenvalue weighted by Crippen LogP contribution is -2.29. The predicted octanol–water partition coefficient (Wildman–Crippen LogP) is 2.96. The Hall–Kier alpha value is -3.52. The molecule has 0 aliphatic rings. The van der Waals surface area contributed by atoms with Crippen LogP contribution < -0.4 is 5.32 Å². The molecule has 8 nitrogen and oxygen atoms in total. The molecule has 0 radical (unpaired) electrons. The Kier molecular flexibility index (Phi) is 6.70. The molecule has 2 aromatic heterocycles. The Morgan fingerprint density at radius 2 is 2.03 bits per heavy atom. The maximum atomic E-state index is 12.1. The maximum Gasteiger partial charge on any atom is 0.331 e. The predicted molar refractivity (Wildman–Crippen MR) is 108 cm³/mol. The number of aromatic nitrogens is 4. The lowest BCUT2D eigenvalue weighted by Gasteiger charge is -2.11. The van der Waals surface area contributed by atoms with Crippen molar-refractivity contribution < 1.29 is 14.3 Å². The number of carbonyl (C=O) groups excluding carboxylic acids is 2. The van der Waals surface area contributed by atoms with Gasteiger partial charge in [-0.05, 0) is 30.7 Å². The third kappa shape index (κ3) is 6.25. The van der Waals surface area contributed by atoms with E-state index in [-0.39, 0.29) is 0 Å². The van der Waals surface area contributed by atoms with Crippen molar-refractivity contribution >= 4 is 35.4 Å². The van der Waals surface area contributed by atoms with E-state index in [1.165, 1.54) is 25.3 Å². The van der Waals surface area contributed by atoms with Gasteiger partial charge in [0.05, 0.1) is 17.8 Å². The molecule has 3 rings (SSSR count). The van der Waals surface area contributed by atoms with Crippen LogP contribution in [0.1, 0.15) is 18.2 Å². The summed E-state index contributed by atoms with van der Waals surface area (Å²) in [6.07, 6.45) is 4.78. The molecule has 148 valence electrons. The van der Waals surface area contributed by atoms with E-state index in [1.54, 1.807) is 23.0 Å². The monoisotopic (exact) mass is 411 g/mol. The molecule has 0 saturated carbocycles. The van der Waals surface area contributed by atoms with Crippen LogP contribution >= 0.6 is 11.6 Å². The Balaban J connectivity index is 1.50. The second kappa shape index (κ2) is 9.61. The maximum absolute atomic E-state index is 12.1. The first-order valence-corrected chi connectivity index (χ1v) is 9.12. The summed E-state index contributed by atoms with van der Waals surface area (Å²) < 4.78 is 6.75. The molecule has 1 amide bonds. The molecule has 0 aliphatic carbocycles. The van der Waals surface area contributed by atoms with Crippen LogP contribution in [0.15, 0.2) is 60.9 Å². The molecule has 29 heavy (non-hydrogen) atoms. The summed E-state index contributed by atoms with van der Waals surface area (Å²) in [6.45, 7) is 2.04. The van der Waals surface area contributed by atoms with E-state index in [1.807, 2.05) is 30.3 Å².